The van der Waals surface area contributed by atoms with Crippen LogP contribution in [0.15, 0.2) is 66.7 Å². The molecule has 1 fully saturated rings. The van der Waals surface area contributed by atoms with Crippen molar-refractivity contribution in [1.29, 1.82) is 0 Å². The molecule has 3 aromatic carbocycles. The quantitative estimate of drug-likeness (QED) is 0.244. The van der Waals surface area contributed by atoms with Crippen molar-refractivity contribution in [2.45, 2.75) is 6.54 Å². The van der Waals surface area contributed by atoms with Crippen LogP contribution in [0.2, 0.25) is 10.0 Å². The first-order valence-corrected chi connectivity index (χ1v) is 12.6. The number of fused-ring (bicyclic) bond motifs is 1. The number of nitro benzene ring substituents is 1. The summed E-state index contributed by atoms with van der Waals surface area (Å²) in [5, 5.41) is 15.8. The normalized spacial score (nSPS) is 14.2. The second kappa shape index (κ2) is 10.4. The molecular weight excluding hydrogens is 513 g/mol. The van der Waals surface area contributed by atoms with Crippen LogP contribution in [-0.2, 0) is 6.54 Å². The SMILES string of the molecule is CN1CCN(c2ccc(NC(=O)c3cc4cc([N+](=O)[O-])ccc4n3Cc3c(Cl)cccc3Cl)cc2)CC1. The lowest BCUT2D eigenvalue weighted by Crippen LogP contribution is -2.44. The summed E-state index contributed by atoms with van der Waals surface area (Å²) in [6.07, 6.45) is 0. The Labute approximate surface area is 224 Å². The van der Waals surface area contributed by atoms with Crippen LogP contribution >= 0.6 is 23.2 Å². The van der Waals surface area contributed by atoms with E-state index < -0.39 is 4.92 Å². The summed E-state index contributed by atoms with van der Waals surface area (Å²) < 4.78 is 1.78. The number of nitrogens with one attached hydrogen (secondary N) is 1. The van der Waals surface area contributed by atoms with Crippen molar-refractivity contribution in [2.75, 3.05) is 43.4 Å². The topological polar surface area (TPSA) is 83.7 Å². The zero-order valence-electron chi connectivity index (χ0n) is 20.2. The average Bonchev–Trinajstić information content (AvgIpc) is 3.25. The fraction of sp³-hybridized carbons (Fsp3) is 0.222. The number of non-ortho nitro benzene ring substituents is 1. The second-order valence-electron chi connectivity index (χ2n) is 9.11. The fourth-order valence-electron chi connectivity index (χ4n) is 4.59. The summed E-state index contributed by atoms with van der Waals surface area (Å²) in [5.74, 6) is -0.339. The molecule has 0 spiro atoms. The monoisotopic (exact) mass is 537 g/mol. The van der Waals surface area contributed by atoms with Gasteiger partial charge in [-0.05, 0) is 55.6 Å². The van der Waals surface area contributed by atoms with Crippen LogP contribution in [0.3, 0.4) is 0 Å². The Morgan fingerprint density at radius 1 is 0.973 bits per heavy atom. The second-order valence-corrected chi connectivity index (χ2v) is 9.92. The number of piperazine rings is 1. The molecule has 0 unspecified atom stereocenters. The van der Waals surface area contributed by atoms with Crippen molar-refractivity contribution in [1.82, 2.24) is 9.47 Å². The molecule has 8 nitrogen and oxygen atoms in total. The molecule has 190 valence electrons. The smallest absolute Gasteiger partial charge is 0.272 e. The van der Waals surface area contributed by atoms with E-state index in [-0.39, 0.29) is 18.1 Å². The van der Waals surface area contributed by atoms with E-state index in [1.807, 2.05) is 24.3 Å². The minimum absolute atomic E-state index is 0.0492. The van der Waals surface area contributed by atoms with Crippen LogP contribution in [0, 0.1) is 10.1 Å². The molecule has 0 radical (unpaired) electrons. The maximum absolute atomic E-state index is 13.5. The van der Waals surface area contributed by atoms with Crippen molar-refractivity contribution in [2.24, 2.45) is 0 Å². The van der Waals surface area contributed by atoms with Crippen LogP contribution in [0.25, 0.3) is 10.9 Å². The number of nitrogens with zero attached hydrogens (tertiary/aromatic N) is 4. The molecule has 2 heterocycles. The van der Waals surface area contributed by atoms with Gasteiger partial charge in [0.15, 0.2) is 0 Å². The first-order chi connectivity index (χ1) is 17.8. The molecule has 1 aromatic heterocycles. The minimum atomic E-state index is -0.455. The molecule has 37 heavy (non-hydrogen) atoms. The first kappa shape index (κ1) is 25.1. The van der Waals surface area contributed by atoms with Gasteiger partial charge in [0.2, 0.25) is 0 Å². The lowest BCUT2D eigenvalue weighted by molar-refractivity contribution is -0.384. The largest absolute Gasteiger partial charge is 0.369 e. The van der Waals surface area contributed by atoms with E-state index in [1.165, 1.54) is 12.1 Å². The van der Waals surface area contributed by atoms with Gasteiger partial charge in [-0.3, -0.25) is 14.9 Å². The van der Waals surface area contributed by atoms with Gasteiger partial charge in [0.1, 0.15) is 5.69 Å². The number of carbonyl (C=O) groups excluding carboxylic acids is 1. The molecule has 0 aliphatic carbocycles. The Kier molecular flexibility index (Phi) is 7.06. The van der Waals surface area contributed by atoms with E-state index in [1.54, 1.807) is 34.9 Å². The zero-order valence-corrected chi connectivity index (χ0v) is 21.7. The van der Waals surface area contributed by atoms with Crippen molar-refractivity contribution < 1.29 is 9.72 Å². The van der Waals surface area contributed by atoms with Crippen molar-refractivity contribution >= 4 is 57.1 Å². The summed E-state index contributed by atoms with van der Waals surface area (Å²) in [7, 11) is 2.12. The van der Waals surface area contributed by atoms with E-state index in [9.17, 15) is 14.9 Å². The standard InChI is InChI=1S/C27H25Cl2N5O3/c1-31-11-13-32(14-12-31)20-7-5-19(6-8-20)30-27(35)26-16-18-15-21(34(36)37)9-10-25(18)33(26)17-22-23(28)3-2-4-24(22)29/h2-10,15-16H,11-14,17H2,1H3,(H,30,35). The number of halogens is 2. The molecule has 1 aliphatic heterocycles. The molecule has 5 rings (SSSR count). The van der Waals surface area contributed by atoms with E-state index in [0.29, 0.717) is 37.9 Å². The van der Waals surface area contributed by atoms with Gasteiger partial charge in [-0.2, -0.15) is 0 Å². The molecule has 1 N–H and O–H groups in total. The Bertz CT molecular complexity index is 1460. The summed E-state index contributed by atoms with van der Waals surface area (Å²) in [6.45, 7) is 4.16. The predicted octanol–water partition coefficient (Wildman–Crippen LogP) is 5.91. The number of benzene rings is 3. The number of amides is 1. The predicted molar refractivity (Wildman–Crippen MR) is 148 cm³/mol. The van der Waals surface area contributed by atoms with E-state index in [0.717, 1.165) is 31.9 Å². The number of nitro groups is 1. The van der Waals surface area contributed by atoms with E-state index >= 15 is 0 Å². The number of hydrogen-bond donors (Lipinski definition) is 1. The van der Waals surface area contributed by atoms with Gasteiger partial charge < -0.3 is 19.7 Å². The highest BCUT2D eigenvalue weighted by Gasteiger charge is 2.20. The molecule has 1 amide bonds. The molecular formula is C27H25Cl2N5O3. The summed E-state index contributed by atoms with van der Waals surface area (Å²) in [4.78, 5) is 29.0. The highest BCUT2D eigenvalue weighted by molar-refractivity contribution is 6.36. The highest BCUT2D eigenvalue weighted by Crippen LogP contribution is 2.30. The minimum Gasteiger partial charge on any atom is -0.369 e. The van der Waals surface area contributed by atoms with Gasteiger partial charge in [-0.1, -0.05) is 29.3 Å². The fourth-order valence-corrected chi connectivity index (χ4v) is 5.10. The molecule has 0 saturated carbocycles. The maximum atomic E-state index is 13.5. The number of carbonyl (C=O) groups is 1. The lowest BCUT2D eigenvalue weighted by Gasteiger charge is -2.34. The molecule has 4 aromatic rings. The summed E-state index contributed by atoms with van der Waals surface area (Å²) in [5.41, 5.74) is 3.38. The average molecular weight is 538 g/mol. The maximum Gasteiger partial charge on any atom is 0.272 e. The third-order valence-corrected chi connectivity index (χ3v) is 7.41. The first-order valence-electron chi connectivity index (χ1n) is 11.9. The summed E-state index contributed by atoms with van der Waals surface area (Å²) in [6, 6.07) is 19.2. The number of anilines is 2. The Morgan fingerprint density at radius 3 is 2.30 bits per heavy atom. The van der Waals surface area contributed by atoms with Gasteiger partial charge in [0.05, 0.1) is 11.5 Å². The number of rotatable bonds is 6. The Hall–Kier alpha value is -3.59. The van der Waals surface area contributed by atoms with Crippen molar-refractivity contribution in [3.63, 3.8) is 0 Å². The number of hydrogen-bond acceptors (Lipinski definition) is 5. The zero-order chi connectivity index (χ0) is 26.1. The molecule has 0 atom stereocenters. The van der Waals surface area contributed by atoms with Crippen LogP contribution in [0.1, 0.15) is 16.1 Å². The van der Waals surface area contributed by atoms with Gasteiger partial charge in [0.25, 0.3) is 11.6 Å². The highest BCUT2D eigenvalue weighted by atomic mass is 35.5. The van der Waals surface area contributed by atoms with Crippen LogP contribution < -0.4 is 10.2 Å². The van der Waals surface area contributed by atoms with Crippen LogP contribution in [0.5, 0.6) is 0 Å². The number of likely N-dealkylation sites (N-methyl/N-ethyl adjacent to an activating group) is 1. The molecule has 0 bridgehead atoms. The van der Waals surface area contributed by atoms with Crippen molar-refractivity contribution in [3.8, 4) is 0 Å². The van der Waals surface area contributed by atoms with Gasteiger partial charge in [-0.15, -0.1) is 0 Å². The summed E-state index contributed by atoms with van der Waals surface area (Å²) >= 11 is 12.8. The molecule has 1 saturated heterocycles. The third kappa shape index (κ3) is 5.27. The Morgan fingerprint density at radius 2 is 1.65 bits per heavy atom. The number of aromatic nitrogens is 1. The van der Waals surface area contributed by atoms with Crippen molar-refractivity contribution in [3.05, 3.63) is 98.1 Å². The third-order valence-electron chi connectivity index (χ3n) is 6.70. The van der Waals surface area contributed by atoms with Gasteiger partial charge in [0, 0.05) is 76.2 Å². The van der Waals surface area contributed by atoms with Crippen LogP contribution in [0.4, 0.5) is 17.1 Å². The lowest BCUT2D eigenvalue weighted by atomic mass is 10.2. The molecule has 10 heteroatoms. The Balaban J connectivity index is 1.46. The van der Waals surface area contributed by atoms with Gasteiger partial charge >= 0.3 is 0 Å². The van der Waals surface area contributed by atoms with Crippen LogP contribution in [-0.4, -0.2) is 53.5 Å². The van der Waals surface area contributed by atoms with Gasteiger partial charge in [-0.25, -0.2) is 0 Å². The molecule has 1 aliphatic rings. The van der Waals surface area contributed by atoms with E-state index in [2.05, 4.69) is 22.2 Å². The van der Waals surface area contributed by atoms with E-state index in [4.69, 9.17) is 23.2 Å².